The summed E-state index contributed by atoms with van der Waals surface area (Å²) in [7, 11) is 0. The molecule has 0 unspecified atom stereocenters. The minimum Gasteiger partial charge on any atom is -0.341 e. The summed E-state index contributed by atoms with van der Waals surface area (Å²) in [6.45, 7) is 5.69. The molecule has 0 radical (unpaired) electrons. The van der Waals surface area contributed by atoms with Gasteiger partial charge in [-0.2, -0.15) is 5.10 Å². The average Bonchev–Trinajstić information content (AvgIpc) is 3.35. The summed E-state index contributed by atoms with van der Waals surface area (Å²) in [5.74, 6) is 0.939. The minimum atomic E-state index is 0.194. The molecule has 2 aromatic heterocycles. The Hall–Kier alpha value is -2.12. The van der Waals surface area contributed by atoms with Gasteiger partial charge in [-0.15, -0.1) is 11.3 Å². The van der Waals surface area contributed by atoms with Crippen LogP contribution in [0.4, 0.5) is 0 Å². The number of carbonyl (C=O) groups excluding carboxylic acids is 1. The summed E-state index contributed by atoms with van der Waals surface area (Å²) in [5.41, 5.74) is 5.77. The van der Waals surface area contributed by atoms with Gasteiger partial charge in [-0.05, 0) is 37.8 Å². The standard InChI is InChI=1S/C21H24N4OS2/c1-14-6-3-4-8-17(14)18-10-22-24-20(18)16-7-5-9-25(11-16)19(26)13-28-21-23-15(2)12-27-21/h3-4,6,8,10,12,16H,5,7,9,11,13H2,1-2H3,(H,22,24)/t16-/m0/s1. The zero-order valence-electron chi connectivity index (χ0n) is 16.1. The fourth-order valence-electron chi connectivity index (χ4n) is 3.75. The van der Waals surface area contributed by atoms with Crippen molar-refractivity contribution < 1.29 is 4.79 Å². The molecule has 146 valence electrons. The summed E-state index contributed by atoms with van der Waals surface area (Å²) in [6, 6.07) is 8.39. The lowest BCUT2D eigenvalue weighted by Gasteiger charge is -2.32. The van der Waals surface area contributed by atoms with Gasteiger partial charge in [-0.3, -0.25) is 9.89 Å². The fourth-order valence-corrected chi connectivity index (χ4v) is 5.50. The number of aryl methyl sites for hydroxylation is 2. The van der Waals surface area contributed by atoms with Crippen molar-refractivity contribution >= 4 is 29.0 Å². The van der Waals surface area contributed by atoms with E-state index < -0.39 is 0 Å². The summed E-state index contributed by atoms with van der Waals surface area (Å²) in [4.78, 5) is 19.2. The molecule has 0 aliphatic carbocycles. The van der Waals surface area contributed by atoms with Gasteiger partial charge in [0, 0.05) is 41.3 Å². The van der Waals surface area contributed by atoms with E-state index >= 15 is 0 Å². The number of nitrogens with zero attached hydrogens (tertiary/aromatic N) is 3. The molecular weight excluding hydrogens is 388 g/mol. The van der Waals surface area contributed by atoms with Crippen LogP contribution in [-0.2, 0) is 4.79 Å². The summed E-state index contributed by atoms with van der Waals surface area (Å²) in [6.07, 6.45) is 4.01. The van der Waals surface area contributed by atoms with E-state index in [0.29, 0.717) is 11.7 Å². The number of hydrogen-bond donors (Lipinski definition) is 1. The van der Waals surface area contributed by atoms with Crippen molar-refractivity contribution in [3.05, 3.63) is 52.8 Å². The number of amides is 1. The van der Waals surface area contributed by atoms with Gasteiger partial charge >= 0.3 is 0 Å². The molecular formula is C21H24N4OS2. The van der Waals surface area contributed by atoms with E-state index in [1.807, 2.05) is 23.4 Å². The highest BCUT2D eigenvalue weighted by atomic mass is 32.2. The van der Waals surface area contributed by atoms with Crippen LogP contribution in [0.25, 0.3) is 11.1 Å². The Morgan fingerprint density at radius 2 is 2.18 bits per heavy atom. The summed E-state index contributed by atoms with van der Waals surface area (Å²) >= 11 is 3.15. The summed E-state index contributed by atoms with van der Waals surface area (Å²) in [5, 5.41) is 9.57. The van der Waals surface area contributed by atoms with E-state index in [2.05, 4.69) is 46.4 Å². The number of nitrogens with one attached hydrogen (secondary N) is 1. The van der Waals surface area contributed by atoms with Crippen LogP contribution in [0.1, 0.15) is 35.7 Å². The molecule has 7 heteroatoms. The van der Waals surface area contributed by atoms with Gasteiger partial charge < -0.3 is 4.90 Å². The van der Waals surface area contributed by atoms with Crippen LogP contribution in [0.3, 0.4) is 0 Å². The molecule has 3 heterocycles. The lowest BCUT2D eigenvalue weighted by atomic mass is 9.89. The monoisotopic (exact) mass is 412 g/mol. The highest BCUT2D eigenvalue weighted by Crippen LogP contribution is 2.34. The van der Waals surface area contributed by atoms with Crippen molar-refractivity contribution in [1.29, 1.82) is 0 Å². The average molecular weight is 413 g/mol. The van der Waals surface area contributed by atoms with Gasteiger partial charge in [0.2, 0.25) is 5.91 Å². The Bertz CT molecular complexity index is 965. The van der Waals surface area contributed by atoms with Crippen molar-refractivity contribution in [3.8, 4) is 11.1 Å². The van der Waals surface area contributed by atoms with Crippen molar-refractivity contribution in [2.24, 2.45) is 0 Å². The quantitative estimate of drug-likeness (QED) is 0.620. The molecule has 0 saturated carbocycles. The number of aromatic nitrogens is 3. The predicted octanol–water partition coefficient (Wildman–Crippen LogP) is 4.65. The van der Waals surface area contributed by atoms with E-state index in [9.17, 15) is 4.79 Å². The number of benzene rings is 1. The molecule has 1 aromatic carbocycles. The number of rotatable bonds is 5. The van der Waals surface area contributed by atoms with Gasteiger partial charge in [0.15, 0.2) is 4.34 Å². The molecule has 28 heavy (non-hydrogen) atoms. The topological polar surface area (TPSA) is 61.9 Å². The molecule has 1 saturated heterocycles. The molecule has 1 fully saturated rings. The highest BCUT2D eigenvalue weighted by molar-refractivity contribution is 8.01. The zero-order valence-corrected chi connectivity index (χ0v) is 17.8. The SMILES string of the molecule is Cc1csc(SCC(=O)N2CCC[C@H](c3[nH]ncc3-c3ccccc3C)C2)n1. The van der Waals surface area contributed by atoms with Crippen molar-refractivity contribution in [2.75, 3.05) is 18.8 Å². The third-order valence-corrected chi connectivity index (χ3v) is 7.33. The van der Waals surface area contributed by atoms with Crippen LogP contribution in [0.2, 0.25) is 0 Å². The minimum absolute atomic E-state index is 0.194. The number of hydrogen-bond acceptors (Lipinski definition) is 5. The Morgan fingerprint density at radius 1 is 1.32 bits per heavy atom. The molecule has 3 aromatic rings. The molecule has 4 rings (SSSR count). The van der Waals surface area contributed by atoms with Crippen molar-refractivity contribution in [2.45, 2.75) is 36.9 Å². The molecule has 0 spiro atoms. The molecule has 1 aliphatic heterocycles. The first-order valence-electron chi connectivity index (χ1n) is 9.54. The molecule has 1 atom stereocenters. The number of thiazole rings is 1. The molecule has 1 aliphatic rings. The normalized spacial score (nSPS) is 17.1. The first-order valence-corrected chi connectivity index (χ1v) is 11.4. The van der Waals surface area contributed by atoms with E-state index in [0.717, 1.165) is 47.2 Å². The Balaban J connectivity index is 1.45. The van der Waals surface area contributed by atoms with Gasteiger partial charge in [-0.25, -0.2) is 4.98 Å². The highest BCUT2D eigenvalue weighted by Gasteiger charge is 2.28. The maximum atomic E-state index is 12.8. The molecule has 0 bridgehead atoms. The number of H-pyrrole nitrogens is 1. The van der Waals surface area contributed by atoms with Gasteiger partial charge in [0.05, 0.1) is 11.9 Å². The third kappa shape index (κ3) is 4.15. The number of carbonyl (C=O) groups is 1. The molecule has 1 amide bonds. The fraction of sp³-hybridized carbons (Fsp3) is 0.381. The molecule has 5 nitrogen and oxygen atoms in total. The van der Waals surface area contributed by atoms with Gasteiger partial charge in [0.1, 0.15) is 0 Å². The smallest absolute Gasteiger partial charge is 0.233 e. The van der Waals surface area contributed by atoms with Gasteiger partial charge in [-0.1, -0.05) is 36.0 Å². The van der Waals surface area contributed by atoms with Crippen LogP contribution in [-0.4, -0.2) is 44.8 Å². The lowest BCUT2D eigenvalue weighted by molar-refractivity contribution is -0.129. The van der Waals surface area contributed by atoms with Gasteiger partial charge in [0.25, 0.3) is 0 Å². The Labute approximate surface area is 173 Å². The maximum absolute atomic E-state index is 12.8. The third-order valence-electron chi connectivity index (χ3n) is 5.20. The number of piperidine rings is 1. The second-order valence-corrected chi connectivity index (χ2v) is 9.32. The van der Waals surface area contributed by atoms with Crippen LogP contribution < -0.4 is 0 Å². The predicted molar refractivity (Wildman–Crippen MR) is 115 cm³/mol. The van der Waals surface area contributed by atoms with E-state index in [-0.39, 0.29) is 5.91 Å². The number of likely N-dealkylation sites (tertiary alicyclic amines) is 1. The first kappa shape index (κ1) is 19.2. The van der Waals surface area contributed by atoms with Crippen LogP contribution in [0, 0.1) is 13.8 Å². The second-order valence-electron chi connectivity index (χ2n) is 7.23. The van der Waals surface area contributed by atoms with Crippen molar-refractivity contribution in [1.82, 2.24) is 20.1 Å². The van der Waals surface area contributed by atoms with E-state index in [4.69, 9.17) is 0 Å². The molecule has 1 N–H and O–H groups in total. The van der Waals surface area contributed by atoms with Crippen LogP contribution >= 0.6 is 23.1 Å². The Kier molecular flexibility index (Phi) is 5.82. The van der Waals surface area contributed by atoms with Crippen molar-refractivity contribution in [3.63, 3.8) is 0 Å². The second kappa shape index (κ2) is 8.49. The maximum Gasteiger partial charge on any atom is 0.233 e. The zero-order chi connectivity index (χ0) is 19.5. The van der Waals surface area contributed by atoms with Crippen LogP contribution in [0.15, 0.2) is 40.2 Å². The number of thioether (sulfide) groups is 1. The lowest BCUT2D eigenvalue weighted by Crippen LogP contribution is -2.40. The van der Waals surface area contributed by atoms with E-state index in [1.54, 1.807) is 11.3 Å². The van der Waals surface area contributed by atoms with Crippen LogP contribution in [0.5, 0.6) is 0 Å². The first-order chi connectivity index (χ1) is 13.6. The Morgan fingerprint density at radius 3 is 2.96 bits per heavy atom. The largest absolute Gasteiger partial charge is 0.341 e. The number of aromatic amines is 1. The summed E-state index contributed by atoms with van der Waals surface area (Å²) < 4.78 is 0.967. The van der Waals surface area contributed by atoms with E-state index in [1.165, 1.54) is 22.9 Å².